The van der Waals surface area contributed by atoms with Crippen molar-refractivity contribution in [3.8, 4) is 0 Å². The minimum Gasteiger partial charge on any atom is -0.384 e. The van der Waals surface area contributed by atoms with Crippen molar-refractivity contribution in [2.75, 3.05) is 18.4 Å². The van der Waals surface area contributed by atoms with Crippen LogP contribution in [0.25, 0.3) is 0 Å². The van der Waals surface area contributed by atoms with E-state index in [1.807, 2.05) is 24.3 Å². The van der Waals surface area contributed by atoms with E-state index in [-0.39, 0.29) is 5.91 Å². The van der Waals surface area contributed by atoms with Crippen LogP contribution in [0.15, 0.2) is 24.3 Å². The first-order chi connectivity index (χ1) is 9.77. The predicted octanol–water partition coefficient (Wildman–Crippen LogP) is 3.91. The summed E-state index contributed by atoms with van der Waals surface area (Å²) in [6, 6.07) is 8.38. The third-order valence-corrected chi connectivity index (χ3v) is 3.72. The minimum atomic E-state index is 0.195. The van der Waals surface area contributed by atoms with E-state index in [9.17, 15) is 4.79 Å². The Labute approximate surface area is 122 Å². The number of para-hydroxylation sites is 1. The number of benzene rings is 1. The summed E-state index contributed by atoms with van der Waals surface area (Å²) in [6.45, 7) is 6.10. The Hall–Kier alpha value is -1.51. The Morgan fingerprint density at radius 3 is 2.65 bits per heavy atom. The Kier molecular flexibility index (Phi) is 5.45. The zero-order valence-corrected chi connectivity index (χ0v) is 12.7. The van der Waals surface area contributed by atoms with Crippen molar-refractivity contribution in [2.45, 2.75) is 52.0 Å². The molecule has 3 nitrogen and oxygen atoms in total. The number of hydrogen-bond acceptors (Lipinski definition) is 2. The summed E-state index contributed by atoms with van der Waals surface area (Å²) in [5, 5.41) is 3.37. The molecule has 0 saturated heterocycles. The summed E-state index contributed by atoms with van der Waals surface area (Å²) in [5.41, 5.74) is 1.80. The van der Waals surface area contributed by atoms with E-state index in [1.54, 1.807) is 0 Å². The SMILES string of the molecule is CCCCN(C(=O)c1ccccc1NCCC)C1CC1. The number of carbonyl (C=O) groups excluding carboxylic acids is 1. The fraction of sp³-hybridized carbons (Fsp3) is 0.588. The maximum Gasteiger partial charge on any atom is 0.256 e. The molecule has 0 spiro atoms. The molecule has 1 aliphatic carbocycles. The van der Waals surface area contributed by atoms with Crippen LogP contribution in [0.2, 0.25) is 0 Å². The van der Waals surface area contributed by atoms with Crippen LogP contribution in [0.1, 0.15) is 56.3 Å². The van der Waals surface area contributed by atoms with Gasteiger partial charge in [0.05, 0.1) is 5.56 Å². The van der Waals surface area contributed by atoms with E-state index in [0.717, 1.165) is 43.6 Å². The molecular weight excluding hydrogens is 248 g/mol. The summed E-state index contributed by atoms with van der Waals surface area (Å²) >= 11 is 0. The number of nitrogens with zero attached hydrogens (tertiary/aromatic N) is 1. The monoisotopic (exact) mass is 274 g/mol. The van der Waals surface area contributed by atoms with Crippen LogP contribution in [-0.2, 0) is 0 Å². The van der Waals surface area contributed by atoms with E-state index in [2.05, 4.69) is 24.1 Å². The van der Waals surface area contributed by atoms with Crippen molar-refractivity contribution in [3.63, 3.8) is 0 Å². The van der Waals surface area contributed by atoms with E-state index < -0.39 is 0 Å². The van der Waals surface area contributed by atoms with Gasteiger partial charge < -0.3 is 10.2 Å². The second-order valence-electron chi connectivity index (χ2n) is 5.56. The van der Waals surface area contributed by atoms with Crippen LogP contribution in [0.3, 0.4) is 0 Å². The van der Waals surface area contributed by atoms with Crippen LogP contribution < -0.4 is 5.32 Å². The van der Waals surface area contributed by atoms with Gasteiger partial charge in [-0.2, -0.15) is 0 Å². The zero-order valence-electron chi connectivity index (χ0n) is 12.7. The molecule has 0 atom stereocenters. The van der Waals surface area contributed by atoms with Crippen molar-refractivity contribution in [1.82, 2.24) is 4.90 Å². The molecule has 20 heavy (non-hydrogen) atoms. The predicted molar refractivity (Wildman–Crippen MR) is 84.2 cm³/mol. The molecule has 0 aliphatic heterocycles. The first-order valence-corrected chi connectivity index (χ1v) is 7.91. The molecule has 1 N–H and O–H groups in total. The van der Waals surface area contributed by atoms with E-state index in [0.29, 0.717) is 6.04 Å². The Morgan fingerprint density at radius 1 is 1.25 bits per heavy atom. The number of carbonyl (C=O) groups is 1. The summed E-state index contributed by atoms with van der Waals surface area (Å²) in [6.07, 6.45) is 5.61. The van der Waals surface area contributed by atoms with E-state index >= 15 is 0 Å². The van der Waals surface area contributed by atoms with Gasteiger partial charge in [0, 0.05) is 24.8 Å². The first kappa shape index (κ1) is 14.9. The summed E-state index contributed by atoms with van der Waals surface area (Å²) in [4.78, 5) is 14.9. The number of amides is 1. The Bertz CT molecular complexity index is 440. The van der Waals surface area contributed by atoms with Gasteiger partial charge in [0.25, 0.3) is 5.91 Å². The van der Waals surface area contributed by atoms with Gasteiger partial charge in [-0.1, -0.05) is 32.4 Å². The van der Waals surface area contributed by atoms with Crippen LogP contribution in [0.4, 0.5) is 5.69 Å². The van der Waals surface area contributed by atoms with Crippen molar-refractivity contribution in [1.29, 1.82) is 0 Å². The second-order valence-corrected chi connectivity index (χ2v) is 5.56. The molecule has 0 unspecified atom stereocenters. The topological polar surface area (TPSA) is 32.3 Å². The van der Waals surface area contributed by atoms with Gasteiger partial charge in [-0.15, -0.1) is 0 Å². The van der Waals surface area contributed by atoms with Crippen molar-refractivity contribution >= 4 is 11.6 Å². The van der Waals surface area contributed by atoms with Gasteiger partial charge in [-0.25, -0.2) is 0 Å². The molecule has 2 rings (SSSR count). The van der Waals surface area contributed by atoms with Crippen LogP contribution in [0, 0.1) is 0 Å². The van der Waals surface area contributed by atoms with Gasteiger partial charge in [-0.05, 0) is 37.8 Å². The quantitative estimate of drug-likeness (QED) is 0.779. The molecule has 3 heteroatoms. The van der Waals surface area contributed by atoms with Crippen molar-refractivity contribution in [2.24, 2.45) is 0 Å². The minimum absolute atomic E-state index is 0.195. The lowest BCUT2D eigenvalue weighted by atomic mass is 10.1. The first-order valence-electron chi connectivity index (χ1n) is 7.91. The summed E-state index contributed by atoms with van der Waals surface area (Å²) < 4.78 is 0. The normalized spacial score (nSPS) is 14.1. The van der Waals surface area contributed by atoms with Gasteiger partial charge >= 0.3 is 0 Å². The van der Waals surface area contributed by atoms with Gasteiger partial charge in [-0.3, -0.25) is 4.79 Å². The maximum absolute atomic E-state index is 12.8. The fourth-order valence-corrected chi connectivity index (χ4v) is 2.40. The summed E-state index contributed by atoms with van der Waals surface area (Å²) in [7, 11) is 0. The van der Waals surface area contributed by atoms with Crippen molar-refractivity contribution < 1.29 is 4.79 Å². The third kappa shape index (κ3) is 3.75. The summed E-state index contributed by atoms with van der Waals surface area (Å²) in [5.74, 6) is 0.195. The highest BCUT2D eigenvalue weighted by molar-refractivity contribution is 5.99. The number of unbranched alkanes of at least 4 members (excludes halogenated alkanes) is 1. The average molecular weight is 274 g/mol. The molecule has 0 aromatic heterocycles. The smallest absolute Gasteiger partial charge is 0.256 e. The molecule has 1 fully saturated rings. The number of anilines is 1. The number of hydrogen-bond donors (Lipinski definition) is 1. The third-order valence-electron chi connectivity index (χ3n) is 3.72. The lowest BCUT2D eigenvalue weighted by molar-refractivity contribution is 0.0741. The van der Waals surface area contributed by atoms with Gasteiger partial charge in [0.2, 0.25) is 0 Å². The highest BCUT2D eigenvalue weighted by atomic mass is 16.2. The second kappa shape index (κ2) is 7.32. The van der Waals surface area contributed by atoms with E-state index in [1.165, 1.54) is 12.8 Å². The van der Waals surface area contributed by atoms with Gasteiger partial charge in [0.15, 0.2) is 0 Å². The van der Waals surface area contributed by atoms with Crippen molar-refractivity contribution in [3.05, 3.63) is 29.8 Å². The highest BCUT2D eigenvalue weighted by Crippen LogP contribution is 2.30. The zero-order chi connectivity index (χ0) is 14.4. The number of rotatable bonds is 8. The van der Waals surface area contributed by atoms with E-state index in [4.69, 9.17) is 0 Å². The van der Waals surface area contributed by atoms with Crippen LogP contribution >= 0.6 is 0 Å². The lowest BCUT2D eigenvalue weighted by Crippen LogP contribution is -2.34. The molecule has 0 bridgehead atoms. The molecule has 1 aromatic carbocycles. The Balaban J connectivity index is 2.13. The molecule has 1 aromatic rings. The molecule has 1 amide bonds. The molecule has 0 radical (unpaired) electrons. The standard InChI is InChI=1S/C17H26N2O/c1-3-5-13-19(14-10-11-14)17(20)15-8-6-7-9-16(15)18-12-4-2/h6-9,14,18H,3-5,10-13H2,1-2H3. The molecule has 1 aliphatic rings. The average Bonchev–Trinajstić information content (AvgIpc) is 3.30. The van der Waals surface area contributed by atoms with Crippen LogP contribution in [0.5, 0.6) is 0 Å². The lowest BCUT2D eigenvalue weighted by Gasteiger charge is -2.23. The number of nitrogens with one attached hydrogen (secondary N) is 1. The highest BCUT2D eigenvalue weighted by Gasteiger charge is 2.33. The molecule has 110 valence electrons. The maximum atomic E-state index is 12.8. The van der Waals surface area contributed by atoms with Gasteiger partial charge in [0.1, 0.15) is 0 Å². The molecule has 1 saturated carbocycles. The molecule has 0 heterocycles. The Morgan fingerprint density at radius 2 is 2.00 bits per heavy atom. The molecular formula is C17H26N2O. The largest absolute Gasteiger partial charge is 0.384 e. The fourth-order valence-electron chi connectivity index (χ4n) is 2.40. The van der Waals surface area contributed by atoms with Crippen LogP contribution in [-0.4, -0.2) is 29.9 Å².